The van der Waals surface area contributed by atoms with Gasteiger partial charge in [-0.1, -0.05) is 0 Å². The number of hydrogen-bond donors (Lipinski definition) is 0. The predicted molar refractivity (Wildman–Crippen MR) is 100 cm³/mol. The minimum atomic E-state index is 0.150. The smallest absolute Gasteiger partial charge is 0.150 e. The van der Waals surface area contributed by atoms with E-state index in [1.807, 2.05) is 20.0 Å². The van der Waals surface area contributed by atoms with Crippen LogP contribution in [0.5, 0.6) is 0 Å². The zero-order valence-electron chi connectivity index (χ0n) is 15.8. The molecule has 0 saturated carbocycles. The van der Waals surface area contributed by atoms with Crippen molar-refractivity contribution in [2.75, 3.05) is 37.7 Å². The molecule has 0 spiro atoms. The van der Waals surface area contributed by atoms with Gasteiger partial charge in [-0.2, -0.15) is 0 Å². The molecule has 1 atom stereocenters. The molecule has 2 aromatic heterocycles. The Bertz CT molecular complexity index is 731. The summed E-state index contributed by atoms with van der Waals surface area (Å²) in [6.45, 7) is 9.69. The second-order valence-electron chi connectivity index (χ2n) is 7.34. The van der Waals surface area contributed by atoms with Crippen molar-refractivity contribution in [3.63, 3.8) is 0 Å². The van der Waals surface area contributed by atoms with Crippen LogP contribution in [-0.2, 0) is 11.3 Å². The lowest BCUT2D eigenvalue weighted by molar-refractivity contribution is 0.000833. The maximum absolute atomic E-state index is 6.07. The summed E-state index contributed by atoms with van der Waals surface area (Å²) < 4.78 is 11.9. The summed E-state index contributed by atoms with van der Waals surface area (Å²) in [5, 5.41) is 0. The molecule has 2 aliphatic rings. The molecule has 2 saturated heterocycles. The van der Waals surface area contributed by atoms with Crippen LogP contribution in [0.2, 0.25) is 0 Å². The summed E-state index contributed by atoms with van der Waals surface area (Å²) in [5.41, 5.74) is 1.98. The number of anilines is 1. The van der Waals surface area contributed by atoms with E-state index >= 15 is 0 Å². The Hall–Kier alpha value is -1.92. The Labute approximate surface area is 155 Å². The second kappa shape index (κ2) is 7.76. The predicted octanol–water partition coefficient (Wildman–Crippen LogP) is 3.25. The summed E-state index contributed by atoms with van der Waals surface area (Å²) in [5.74, 6) is 3.05. The molecule has 2 fully saturated rings. The minimum absolute atomic E-state index is 0.150. The molecule has 0 amide bonds. The van der Waals surface area contributed by atoms with Gasteiger partial charge in [0.05, 0.1) is 17.9 Å². The fourth-order valence-corrected chi connectivity index (χ4v) is 3.78. The Morgan fingerprint density at radius 1 is 1.12 bits per heavy atom. The number of aryl methyl sites for hydroxylation is 2. The Morgan fingerprint density at radius 2 is 1.96 bits per heavy atom. The third kappa shape index (κ3) is 3.91. The zero-order valence-corrected chi connectivity index (χ0v) is 15.8. The molecule has 0 aromatic carbocycles. The van der Waals surface area contributed by atoms with Gasteiger partial charge in [0.25, 0.3) is 0 Å². The Morgan fingerprint density at radius 3 is 2.73 bits per heavy atom. The van der Waals surface area contributed by atoms with Gasteiger partial charge in [-0.05, 0) is 45.2 Å². The number of furan rings is 1. The number of rotatable bonds is 4. The summed E-state index contributed by atoms with van der Waals surface area (Å²) in [7, 11) is 0. The lowest BCUT2D eigenvalue weighted by Gasteiger charge is -2.35. The molecule has 0 N–H and O–H groups in total. The van der Waals surface area contributed by atoms with Crippen LogP contribution in [0.3, 0.4) is 0 Å². The number of nitrogens with zero attached hydrogens (tertiary/aromatic N) is 4. The molecule has 2 aliphatic heterocycles. The van der Waals surface area contributed by atoms with Crippen molar-refractivity contribution in [1.82, 2.24) is 14.9 Å². The van der Waals surface area contributed by atoms with E-state index in [0.29, 0.717) is 0 Å². The average Bonchev–Trinajstić information content (AvgIpc) is 3.14. The van der Waals surface area contributed by atoms with Crippen LogP contribution in [0.1, 0.15) is 48.3 Å². The summed E-state index contributed by atoms with van der Waals surface area (Å²) in [6, 6.07) is 4.20. The van der Waals surface area contributed by atoms with Crippen LogP contribution in [0.15, 0.2) is 22.7 Å². The highest BCUT2D eigenvalue weighted by Gasteiger charge is 2.23. The lowest BCUT2D eigenvalue weighted by atomic mass is 10.1. The van der Waals surface area contributed by atoms with Gasteiger partial charge in [0.15, 0.2) is 0 Å². The summed E-state index contributed by atoms with van der Waals surface area (Å²) in [6.07, 6.45) is 5.45. The van der Waals surface area contributed by atoms with Crippen molar-refractivity contribution in [2.24, 2.45) is 0 Å². The quantitative estimate of drug-likeness (QED) is 0.838. The SMILES string of the molecule is Cc1cnc(C)c(N2CCN(Cc3ccc(C4CCCCO4)o3)CC2)n1. The van der Waals surface area contributed by atoms with Crippen molar-refractivity contribution in [2.45, 2.75) is 45.8 Å². The van der Waals surface area contributed by atoms with Crippen LogP contribution in [0.25, 0.3) is 0 Å². The van der Waals surface area contributed by atoms with Gasteiger partial charge >= 0.3 is 0 Å². The first-order chi connectivity index (χ1) is 12.7. The number of ether oxygens (including phenoxy) is 1. The summed E-state index contributed by atoms with van der Waals surface area (Å²) >= 11 is 0. The molecule has 6 heteroatoms. The average molecular weight is 356 g/mol. The Balaban J connectivity index is 1.32. The molecule has 0 bridgehead atoms. The highest BCUT2D eigenvalue weighted by Crippen LogP contribution is 2.29. The fourth-order valence-electron chi connectivity index (χ4n) is 3.78. The Kier molecular flexibility index (Phi) is 5.22. The second-order valence-corrected chi connectivity index (χ2v) is 7.34. The molecule has 0 radical (unpaired) electrons. The molecule has 26 heavy (non-hydrogen) atoms. The van der Waals surface area contributed by atoms with Crippen LogP contribution in [0.4, 0.5) is 5.82 Å². The van der Waals surface area contributed by atoms with E-state index < -0.39 is 0 Å². The lowest BCUT2D eigenvalue weighted by Crippen LogP contribution is -2.46. The fraction of sp³-hybridized carbons (Fsp3) is 0.600. The topological polar surface area (TPSA) is 54.6 Å². The highest BCUT2D eigenvalue weighted by molar-refractivity contribution is 5.43. The van der Waals surface area contributed by atoms with E-state index in [1.165, 1.54) is 12.8 Å². The van der Waals surface area contributed by atoms with Crippen molar-refractivity contribution in [3.8, 4) is 0 Å². The van der Waals surface area contributed by atoms with E-state index in [-0.39, 0.29) is 6.10 Å². The molecule has 6 nitrogen and oxygen atoms in total. The van der Waals surface area contributed by atoms with E-state index in [4.69, 9.17) is 9.15 Å². The van der Waals surface area contributed by atoms with Gasteiger partial charge in [-0.15, -0.1) is 0 Å². The number of aromatic nitrogens is 2. The summed E-state index contributed by atoms with van der Waals surface area (Å²) in [4.78, 5) is 13.9. The van der Waals surface area contributed by atoms with Crippen molar-refractivity contribution >= 4 is 5.82 Å². The van der Waals surface area contributed by atoms with Gasteiger partial charge in [-0.3, -0.25) is 9.88 Å². The normalized spacial score (nSPS) is 21.9. The largest absolute Gasteiger partial charge is 0.462 e. The van der Waals surface area contributed by atoms with Gasteiger partial charge < -0.3 is 14.1 Å². The maximum Gasteiger partial charge on any atom is 0.150 e. The maximum atomic E-state index is 6.07. The zero-order chi connectivity index (χ0) is 17.9. The first kappa shape index (κ1) is 17.5. The van der Waals surface area contributed by atoms with Gasteiger partial charge in [0.1, 0.15) is 23.4 Å². The van der Waals surface area contributed by atoms with Crippen LogP contribution < -0.4 is 4.90 Å². The van der Waals surface area contributed by atoms with Gasteiger partial charge in [-0.25, -0.2) is 4.98 Å². The molecule has 1 unspecified atom stereocenters. The van der Waals surface area contributed by atoms with E-state index in [0.717, 1.165) is 74.5 Å². The van der Waals surface area contributed by atoms with E-state index in [1.54, 1.807) is 0 Å². The highest BCUT2D eigenvalue weighted by atomic mass is 16.5. The van der Waals surface area contributed by atoms with Crippen LogP contribution in [-0.4, -0.2) is 47.7 Å². The van der Waals surface area contributed by atoms with Gasteiger partial charge in [0.2, 0.25) is 0 Å². The standard InChI is InChI=1S/C20H28N4O2/c1-15-13-21-16(2)20(22-15)24-10-8-23(9-11-24)14-17-6-7-19(26-17)18-5-3-4-12-25-18/h6-7,13,18H,3-5,8-12,14H2,1-2H3. The van der Waals surface area contributed by atoms with Crippen molar-refractivity contribution in [3.05, 3.63) is 41.2 Å². The first-order valence-corrected chi connectivity index (χ1v) is 9.67. The minimum Gasteiger partial charge on any atom is -0.462 e. The third-order valence-electron chi connectivity index (χ3n) is 5.28. The molecular formula is C20H28N4O2. The van der Waals surface area contributed by atoms with Gasteiger partial charge in [0, 0.05) is 39.0 Å². The van der Waals surface area contributed by atoms with Crippen molar-refractivity contribution in [1.29, 1.82) is 0 Å². The molecular weight excluding hydrogens is 328 g/mol. The monoisotopic (exact) mass is 356 g/mol. The molecule has 0 aliphatic carbocycles. The molecule has 4 rings (SSSR count). The molecule has 2 aromatic rings. The molecule has 4 heterocycles. The van der Waals surface area contributed by atoms with Crippen LogP contribution >= 0.6 is 0 Å². The van der Waals surface area contributed by atoms with E-state index in [9.17, 15) is 0 Å². The van der Waals surface area contributed by atoms with Crippen LogP contribution in [0, 0.1) is 13.8 Å². The number of piperazine rings is 1. The van der Waals surface area contributed by atoms with E-state index in [2.05, 4.69) is 31.9 Å². The molecule has 140 valence electrons. The number of hydrogen-bond acceptors (Lipinski definition) is 6. The first-order valence-electron chi connectivity index (χ1n) is 9.67. The third-order valence-corrected chi connectivity index (χ3v) is 5.28. The van der Waals surface area contributed by atoms with Crippen molar-refractivity contribution < 1.29 is 9.15 Å².